The van der Waals surface area contributed by atoms with Gasteiger partial charge in [-0.15, -0.1) is 0 Å². The Hall–Kier alpha value is -3.76. The van der Waals surface area contributed by atoms with Crippen LogP contribution >= 0.6 is 37.2 Å². The van der Waals surface area contributed by atoms with Crippen LogP contribution in [-0.4, -0.2) is 87.9 Å². The Morgan fingerprint density at radius 1 is 0.471 bits per heavy atom. The van der Waals surface area contributed by atoms with Crippen LogP contribution < -0.4 is 13.3 Å². The molecule has 2 unspecified atom stereocenters. The molecule has 0 radical (unpaired) electrons. The van der Waals surface area contributed by atoms with Crippen molar-refractivity contribution in [3.05, 3.63) is 79.5 Å². The van der Waals surface area contributed by atoms with Crippen molar-refractivity contribution in [1.29, 1.82) is 0 Å². The van der Waals surface area contributed by atoms with E-state index in [-0.39, 0.29) is 95.0 Å². The maximum Gasteiger partial charge on any atom is 0.373 e. The summed E-state index contributed by atoms with van der Waals surface area (Å²) < 4.78 is 29.6. The van der Waals surface area contributed by atoms with Crippen molar-refractivity contribution in [1.82, 2.24) is 0 Å². The molecule has 18 heteroatoms. The molecule has 0 amide bonds. The van der Waals surface area contributed by atoms with Crippen LogP contribution in [0.1, 0.15) is 329 Å². The van der Waals surface area contributed by atoms with Gasteiger partial charge in [0.05, 0.1) is 46.1 Å². The summed E-state index contributed by atoms with van der Waals surface area (Å²) in [6, 6.07) is 0. The van der Waals surface area contributed by atoms with Gasteiger partial charge in [-0.2, -0.15) is 9.59 Å². The average molecular weight is 1780 g/mol. The molecule has 4 rings (SSSR count). The van der Waals surface area contributed by atoms with E-state index in [2.05, 4.69) is 132 Å². The van der Waals surface area contributed by atoms with E-state index in [9.17, 15) is 33.6 Å². The molecule has 0 bridgehead atoms. The van der Waals surface area contributed by atoms with Crippen LogP contribution in [0.4, 0.5) is 0 Å². The van der Waals surface area contributed by atoms with E-state index in [0.29, 0.717) is 50.1 Å². The molecule has 102 heavy (non-hydrogen) atoms. The van der Waals surface area contributed by atoms with Gasteiger partial charge in [-0.1, -0.05) is 172 Å². The van der Waals surface area contributed by atoms with E-state index in [0.717, 1.165) is 69.6 Å². The third-order valence-corrected chi connectivity index (χ3v) is 18.9. The van der Waals surface area contributed by atoms with Gasteiger partial charge in [-0.05, 0) is 245 Å². The summed E-state index contributed by atoms with van der Waals surface area (Å²) in [6.45, 7) is 50.3. The second-order valence-corrected chi connectivity index (χ2v) is 45.2. The summed E-state index contributed by atoms with van der Waals surface area (Å²) >= 11 is 5.30. The second-order valence-electron chi connectivity index (χ2n) is 28.9. The van der Waals surface area contributed by atoms with Crippen LogP contribution in [0.3, 0.4) is 0 Å². The van der Waals surface area contributed by atoms with Gasteiger partial charge in [0.2, 0.25) is 0 Å². The van der Waals surface area contributed by atoms with Gasteiger partial charge in [0.25, 0.3) is 0 Å². The fourth-order valence-corrected chi connectivity index (χ4v) is 13.4. The van der Waals surface area contributed by atoms with Gasteiger partial charge in [-0.25, -0.2) is 9.59 Å². The number of hydrogen-bond donors (Lipinski definition) is 0. The van der Waals surface area contributed by atoms with Crippen LogP contribution in [0.25, 0.3) is 0 Å². The van der Waals surface area contributed by atoms with Crippen LogP contribution in [0.5, 0.6) is 0 Å². The Bertz CT molecular complexity index is 2670. The van der Waals surface area contributed by atoms with E-state index >= 15 is 0 Å². The minimum Gasteiger partial charge on any atom is -0.186 e. The fraction of sp³-hybridized carbons (Fsp3) is 0.738. The molecule has 0 aromatic heterocycles. The topological polar surface area (TPSA) is 209 Å². The molecule has 15 nitrogen and oxygen atoms in total. The Morgan fingerprint density at radius 3 is 1.08 bits per heavy atom. The first-order valence-corrected chi connectivity index (χ1v) is 49.1. The molecule has 0 saturated heterocycles. The van der Waals surface area contributed by atoms with Gasteiger partial charge in [0.1, 0.15) is 11.9 Å². The molecule has 0 aromatic carbocycles. The van der Waals surface area contributed by atoms with Crippen molar-refractivity contribution in [3.63, 3.8) is 0 Å². The Balaban J connectivity index is -0.000000283. The zero-order valence-corrected chi connectivity index (χ0v) is 72.3. The molecule has 2 atom stereocenters. The van der Waals surface area contributed by atoms with E-state index in [1.54, 1.807) is 62.1 Å². The van der Waals surface area contributed by atoms with Crippen molar-refractivity contribution < 1.29 is 84.8 Å². The molecule has 594 valence electrons. The maximum absolute atomic E-state index is 12.1. The van der Waals surface area contributed by atoms with Gasteiger partial charge in [-0.3, -0.25) is 19.2 Å². The van der Waals surface area contributed by atoms with Crippen LogP contribution in [0, 0.1) is 39.4 Å². The first kappa shape index (κ1) is 109. The van der Waals surface area contributed by atoms with Crippen molar-refractivity contribution in [2.24, 2.45) is 39.4 Å². The number of carbonyl (C=O) groups excluding carboxylic acids is 9. The smallest absolute Gasteiger partial charge is 0.186 e. The van der Waals surface area contributed by atoms with Gasteiger partial charge < -0.3 is 33.2 Å². The second kappa shape index (κ2) is 61.3. The molecule has 0 aromatic rings. The molecule has 0 fully saturated rings. The Morgan fingerprint density at radius 2 is 0.775 bits per heavy atom. The summed E-state index contributed by atoms with van der Waals surface area (Å²) in [7, 11) is 0. The summed E-state index contributed by atoms with van der Waals surface area (Å²) in [5.74, 6) is -3.13. The average Bonchev–Trinajstić information content (AvgIpc) is 0.841. The Kier molecular flexibility index (Phi) is 65.6. The number of hydrogen-bond acceptors (Lipinski definition) is 15. The monoisotopic (exact) mass is 1780 g/mol. The fourth-order valence-electron chi connectivity index (χ4n) is 13.4. The number of ether oxygens (including phenoxy) is 6. The number of allylic oxidation sites excluding steroid dienone is 11. The number of esters is 6. The minimum absolute atomic E-state index is 0. The Labute approximate surface area is 652 Å². The summed E-state index contributed by atoms with van der Waals surface area (Å²) in [4.78, 5) is 96.9. The van der Waals surface area contributed by atoms with Crippen molar-refractivity contribution in [2.45, 2.75) is 329 Å². The molecule has 4 aliphatic rings. The van der Waals surface area contributed by atoms with Gasteiger partial charge >= 0.3 is 92.5 Å². The van der Waals surface area contributed by atoms with E-state index in [1.807, 2.05) is 47.6 Å². The minimum atomic E-state index is -0.964. The molecule has 0 N–H and O–H groups in total. The number of halogens is 3. The van der Waals surface area contributed by atoms with Crippen molar-refractivity contribution in [3.8, 4) is 0 Å². The molecule has 4 aliphatic carbocycles. The largest absolute Gasteiger partial charge is 0.373 e. The molecule has 0 spiro atoms. The zero-order valence-electron chi connectivity index (χ0n) is 65.8. The molecule has 0 aliphatic heterocycles. The van der Waals surface area contributed by atoms with E-state index in [1.165, 1.54) is 105 Å². The third-order valence-electron chi connectivity index (χ3n) is 18.9. The van der Waals surface area contributed by atoms with Crippen LogP contribution in [0.2, 0.25) is 0 Å². The first-order chi connectivity index (χ1) is 46.4. The van der Waals surface area contributed by atoms with E-state index < -0.39 is 29.8 Å². The summed E-state index contributed by atoms with van der Waals surface area (Å²) in [5.41, 5.74) is 16.0. The number of aldehydes is 1. The van der Waals surface area contributed by atoms with Crippen molar-refractivity contribution in [2.75, 3.05) is 39.6 Å². The summed E-state index contributed by atoms with van der Waals surface area (Å²) in [6.07, 6.45) is 31.7. The molecule has 0 heterocycles. The summed E-state index contributed by atoms with van der Waals surface area (Å²) in [5, 5.41) is 0. The van der Waals surface area contributed by atoms with Crippen LogP contribution in [0.15, 0.2) is 79.5 Å². The molecular weight excluding hydrogens is 1630 g/mol. The quantitative estimate of drug-likeness (QED) is 0.00997. The number of rotatable bonds is 29. The van der Waals surface area contributed by atoms with Crippen LogP contribution in [-0.2, 0) is 71.6 Å². The van der Waals surface area contributed by atoms with Gasteiger partial charge in [0.15, 0.2) is 5.92 Å². The third kappa shape index (κ3) is 47.0. The molecular formula is C84H146I3O15-. The zero-order chi connectivity index (χ0) is 76.5. The molecule has 0 saturated carbocycles. The van der Waals surface area contributed by atoms with E-state index in [4.69, 9.17) is 33.3 Å². The predicted octanol–water partition coefficient (Wildman–Crippen LogP) is 20.7. The number of carbonyl (C=O) groups is 7. The maximum atomic E-state index is 12.1. The van der Waals surface area contributed by atoms with Crippen molar-refractivity contribution >= 4 is 85.5 Å². The normalized spacial score (nSPS) is 16.7. The standard InChI is InChI=1S/2C21H34O4.C18H30O2.C14H24O.C6H12O2.CO2.3CH4.I3/c2*1-7-24-19(22)17(20(23)25-8-2)14-15(3)11-12-18-16(4)10-9-13-21(18,5)6;1-6-20-17(19)12-10-14(2)9-11-16-15(3)8-7-13-18(16,4)5;1-11(10-15)7-8-13-12(2)6-5-9-14(13,3)4;1-3-5-6(7)8-4-2;2-1-3;;;;1-3-2/h14,17H,7-13H2,1-6H3;14-15H,7-13H2,1-6H3;10H,6-9,11-13H2,1-5H3;10-11H,5-9H2,1-4H3;3-5H2,1-2H3;;3*1H4;/q;;;;;;;;;-1/b15-14+;;14-10+;;;;;;;. The predicted molar refractivity (Wildman–Crippen MR) is 434 cm³/mol. The SMILES string of the molecule is C.C.C.CC1=C(CCC(C)C=O)C(C)(C)CCC1.CCCC(=O)OCC.CCOC(=O)C(/C=C(\C)CCC1=C(C)CCCC1(C)C)C(=O)OCC.CCOC(=O)C(=CC(C)CCC1=C(C)CCCC1(C)C)C(=O)OCC.CCOC(=O)C/C=C(\C)CCC1=C(C)CCCC1(C)C.I[I-]I.O=C=O. The first-order valence-electron chi connectivity index (χ1n) is 36.5. The van der Waals surface area contributed by atoms with Gasteiger partial charge in [0, 0.05) is 12.3 Å².